The highest BCUT2D eigenvalue weighted by atomic mass is 16.4. The minimum Gasteiger partial charge on any atom is -0.478 e. The zero-order valence-corrected chi connectivity index (χ0v) is 14.9. The van der Waals surface area contributed by atoms with E-state index in [-0.39, 0.29) is 12.1 Å². The summed E-state index contributed by atoms with van der Waals surface area (Å²) in [4.78, 5) is 16.6. The summed E-state index contributed by atoms with van der Waals surface area (Å²) in [6.45, 7) is 8.49. The minimum absolute atomic E-state index is 0.280. The number of hydrogen-bond acceptors (Lipinski definition) is 3. The van der Waals surface area contributed by atoms with E-state index in [0.717, 1.165) is 34.4 Å². The summed E-state index contributed by atoms with van der Waals surface area (Å²) in [6.07, 6.45) is 1.37. The van der Waals surface area contributed by atoms with Crippen molar-refractivity contribution in [3.05, 3.63) is 52.3 Å². The van der Waals surface area contributed by atoms with E-state index in [1.165, 1.54) is 0 Å². The third-order valence-electron chi connectivity index (χ3n) is 4.15. The van der Waals surface area contributed by atoms with Crippen molar-refractivity contribution in [2.75, 3.05) is 0 Å². The number of carbonyl (C=O) groups is 1. The number of rotatable bonds is 6. The van der Waals surface area contributed by atoms with Crippen LogP contribution in [0, 0.1) is 12.8 Å². The third kappa shape index (κ3) is 3.65. The monoisotopic (exact) mass is 326 g/mol. The Morgan fingerprint density at radius 2 is 1.83 bits per heavy atom. The molecule has 0 saturated heterocycles. The van der Waals surface area contributed by atoms with E-state index in [4.69, 9.17) is 5.73 Å². The predicted octanol–water partition coefficient (Wildman–Crippen LogP) is 3.97. The van der Waals surface area contributed by atoms with Gasteiger partial charge in [0.05, 0.1) is 11.3 Å². The molecule has 3 N–H and O–H groups in total. The normalized spacial score (nSPS) is 11.1. The van der Waals surface area contributed by atoms with Gasteiger partial charge in [0.15, 0.2) is 0 Å². The zero-order chi connectivity index (χ0) is 17.9. The van der Waals surface area contributed by atoms with Gasteiger partial charge < -0.3 is 10.8 Å². The highest BCUT2D eigenvalue weighted by Gasteiger charge is 2.24. The van der Waals surface area contributed by atoms with Crippen LogP contribution in [-0.2, 0) is 19.4 Å². The van der Waals surface area contributed by atoms with Gasteiger partial charge in [-0.1, -0.05) is 50.6 Å². The number of nitrogens with two attached hydrogens (primary N) is 1. The zero-order valence-electron chi connectivity index (χ0n) is 14.9. The summed E-state index contributed by atoms with van der Waals surface area (Å²) >= 11 is 0. The molecule has 0 aliphatic carbocycles. The first kappa shape index (κ1) is 18.1. The van der Waals surface area contributed by atoms with Crippen molar-refractivity contribution in [2.45, 2.75) is 47.1 Å². The lowest BCUT2D eigenvalue weighted by Crippen LogP contribution is -2.16. The molecule has 0 radical (unpaired) electrons. The van der Waals surface area contributed by atoms with E-state index in [1.807, 2.05) is 38.1 Å². The van der Waals surface area contributed by atoms with Crippen molar-refractivity contribution in [1.29, 1.82) is 0 Å². The summed E-state index contributed by atoms with van der Waals surface area (Å²) in [6, 6.07) is 7.93. The molecular formula is C20H26N2O2. The average molecular weight is 326 g/mol. The summed E-state index contributed by atoms with van der Waals surface area (Å²) in [5, 5.41) is 9.81. The topological polar surface area (TPSA) is 76.2 Å². The number of aromatic carboxylic acids is 1. The maximum atomic E-state index is 12.0. The Balaban J connectivity index is 2.84. The maximum Gasteiger partial charge on any atom is 0.338 e. The predicted molar refractivity (Wildman–Crippen MR) is 97.2 cm³/mol. The van der Waals surface area contributed by atoms with E-state index in [1.54, 1.807) is 0 Å². The van der Waals surface area contributed by atoms with Crippen molar-refractivity contribution < 1.29 is 9.90 Å². The van der Waals surface area contributed by atoms with Gasteiger partial charge in [0.2, 0.25) is 0 Å². The molecule has 128 valence electrons. The molecule has 0 amide bonds. The van der Waals surface area contributed by atoms with Gasteiger partial charge >= 0.3 is 5.97 Å². The average Bonchev–Trinajstić information content (AvgIpc) is 2.53. The van der Waals surface area contributed by atoms with Crippen molar-refractivity contribution in [3.8, 4) is 11.1 Å². The number of carboxylic acid groups (broad SMARTS) is 1. The van der Waals surface area contributed by atoms with E-state index in [9.17, 15) is 9.90 Å². The molecule has 0 aliphatic rings. The van der Waals surface area contributed by atoms with Crippen LogP contribution in [0.4, 0.5) is 0 Å². The molecule has 0 bridgehead atoms. The third-order valence-corrected chi connectivity index (χ3v) is 4.15. The lowest BCUT2D eigenvalue weighted by molar-refractivity contribution is 0.0696. The molecule has 0 saturated carbocycles. The highest BCUT2D eigenvalue weighted by molar-refractivity contribution is 5.98. The fraction of sp³-hybridized carbons (Fsp3) is 0.400. The van der Waals surface area contributed by atoms with Crippen molar-refractivity contribution in [3.63, 3.8) is 0 Å². The summed E-state index contributed by atoms with van der Waals surface area (Å²) < 4.78 is 0. The minimum atomic E-state index is -0.944. The Labute approximate surface area is 143 Å². The molecular weight excluding hydrogens is 300 g/mol. The van der Waals surface area contributed by atoms with Gasteiger partial charge in [0.25, 0.3) is 0 Å². The lowest BCUT2D eigenvalue weighted by Gasteiger charge is -2.20. The summed E-state index contributed by atoms with van der Waals surface area (Å²) in [7, 11) is 0. The van der Waals surface area contributed by atoms with Gasteiger partial charge in [-0.25, -0.2) is 4.79 Å². The van der Waals surface area contributed by atoms with Gasteiger partial charge in [0.1, 0.15) is 0 Å². The van der Waals surface area contributed by atoms with Crippen molar-refractivity contribution in [2.24, 2.45) is 11.7 Å². The largest absolute Gasteiger partial charge is 0.478 e. The van der Waals surface area contributed by atoms with Crippen LogP contribution in [0.25, 0.3) is 11.1 Å². The molecule has 0 atom stereocenters. The van der Waals surface area contributed by atoms with E-state index < -0.39 is 5.97 Å². The molecule has 24 heavy (non-hydrogen) atoms. The van der Waals surface area contributed by atoms with Gasteiger partial charge in [-0.2, -0.15) is 0 Å². The highest BCUT2D eigenvalue weighted by Crippen LogP contribution is 2.33. The Morgan fingerprint density at radius 3 is 2.29 bits per heavy atom. The molecule has 4 heteroatoms. The van der Waals surface area contributed by atoms with Crippen LogP contribution >= 0.6 is 0 Å². The molecule has 1 aromatic heterocycles. The molecule has 1 aromatic carbocycles. The molecule has 0 fully saturated rings. The fourth-order valence-corrected chi connectivity index (χ4v) is 3.03. The molecule has 2 aromatic rings. The maximum absolute atomic E-state index is 12.0. The molecule has 1 heterocycles. The quantitative estimate of drug-likeness (QED) is 0.842. The summed E-state index contributed by atoms with van der Waals surface area (Å²) in [5.74, 6) is -0.519. The first-order valence-electron chi connectivity index (χ1n) is 8.44. The van der Waals surface area contributed by atoms with E-state index in [2.05, 4.69) is 18.8 Å². The van der Waals surface area contributed by atoms with Gasteiger partial charge in [0, 0.05) is 17.8 Å². The Morgan fingerprint density at radius 1 is 1.21 bits per heavy atom. The van der Waals surface area contributed by atoms with Crippen LogP contribution in [0.5, 0.6) is 0 Å². The number of aromatic nitrogens is 1. The Hall–Kier alpha value is -2.20. The van der Waals surface area contributed by atoms with E-state index in [0.29, 0.717) is 18.0 Å². The number of nitrogens with zero attached hydrogens (tertiary/aromatic N) is 1. The number of hydrogen-bond donors (Lipinski definition) is 2. The number of benzene rings is 1. The lowest BCUT2D eigenvalue weighted by atomic mass is 9.89. The second kappa shape index (κ2) is 7.58. The van der Waals surface area contributed by atoms with Crippen LogP contribution in [0.1, 0.15) is 53.6 Å². The Bertz CT molecular complexity index is 734. The molecule has 0 unspecified atom stereocenters. The second-order valence-corrected chi connectivity index (χ2v) is 6.56. The molecule has 0 aliphatic heterocycles. The van der Waals surface area contributed by atoms with Crippen LogP contribution in [-0.4, -0.2) is 16.1 Å². The molecule has 0 spiro atoms. The van der Waals surface area contributed by atoms with E-state index >= 15 is 0 Å². The van der Waals surface area contributed by atoms with Crippen LogP contribution < -0.4 is 5.73 Å². The smallest absolute Gasteiger partial charge is 0.338 e. The summed E-state index contributed by atoms with van der Waals surface area (Å²) in [5.41, 5.74) is 11.5. The van der Waals surface area contributed by atoms with Crippen LogP contribution in [0.15, 0.2) is 24.3 Å². The second-order valence-electron chi connectivity index (χ2n) is 6.56. The van der Waals surface area contributed by atoms with Crippen molar-refractivity contribution >= 4 is 5.97 Å². The van der Waals surface area contributed by atoms with Gasteiger partial charge in [-0.3, -0.25) is 4.98 Å². The van der Waals surface area contributed by atoms with Crippen molar-refractivity contribution in [1.82, 2.24) is 4.98 Å². The van der Waals surface area contributed by atoms with Gasteiger partial charge in [-0.05, 0) is 36.8 Å². The van der Waals surface area contributed by atoms with Crippen LogP contribution in [0.3, 0.4) is 0 Å². The standard InChI is InChI=1S/C20H26N2O2/c1-5-16-19(20(23)24)18(14-8-6-13(4)7-9-14)15(11-21)17(22-16)10-12(2)3/h6-9,12H,5,10-11,21H2,1-4H3,(H,23,24). The molecule has 4 nitrogen and oxygen atoms in total. The SMILES string of the molecule is CCc1nc(CC(C)C)c(CN)c(-c2ccc(C)cc2)c1C(=O)O. The van der Waals surface area contributed by atoms with Crippen LogP contribution in [0.2, 0.25) is 0 Å². The number of aryl methyl sites for hydroxylation is 2. The fourth-order valence-electron chi connectivity index (χ4n) is 3.03. The Kier molecular flexibility index (Phi) is 5.73. The first-order chi connectivity index (χ1) is 11.4. The first-order valence-corrected chi connectivity index (χ1v) is 8.44. The number of carboxylic acids is 1. The van der Waals surface area contributed by atoms with Gasteiger partial charge in [-0.15, -0.1) is 0 Å². The number of pyridine rings is 1. The molecule has 2 rings (SSSR count).